The Morgan fingerprint density at radius 2 is 0.708 bits per heavy atom. The smallest absolute Gasteiger partial charge is 0.579 e. The standard InChI is InChI=1S/3C5H7N2.3Cu/c3*1-4-3-5(2)7-6-4;;;/h3*3H,1-2H3;;;/q3*-1;3*+1. The van der Waals surface area contributed by atoms with Gasteiger partial charge in [0.2, 0.25) is 0 Å². The van der Waals surface area contributed by atoms with Crippen molar-refractivity contribution in [2.45, 2.75) is 41.5 Å². The molecule has 3 heterocycles. The predicted octanol–water partition coefficient (Wildman–Crippen LogP) is 1.96. The fourth-order valence-corrected chi connectivity index (χ4v) is 1.55. The summed E-state index contributed by atoms with van der Waals surface area (Å²) in [6.07, 6.45) is 0. The van der Waals surface area contributed by atoms with Crippen LogP contribution < -0.4 is 15.3 Å². The first kappa shape index (κ1) is 28.0. The Morgan fingerprint density at radius 3 is 0.750 bits per heavy atom. The van der Waals surface area contributed by atoms with Gasteiger partial charge < -0.3 is 30.6 Å². The number of hydrogen-bond donors (Lipinski definition) is 0. The molecule has 0 aliphatic rings. The average Bonchev–Trinajstić information content (AvgIpc) is 3.06. The monoisotopic (exact) mass is 474 g/mol. The molecule has 0 bridgehead atoms. The van der Waals surface area contributed by atoms with Crippen molar-refractivity contribution in [1.82, 2.24) is 30.6 Å². The summed E-state index contributed by atoms with van der Waals surface area (Å²) in [6, 6.07) is 5.83. The van der Waals surface area contributed by atoms with Crippen molar-refractivity contribution >= 4 is 0 Å². The zero-order valence-corrected chi connectivity index (χ0v) is 17.1. The Hall–Kier alpha value is -0.812. The van der Waals surface area contributed by atoms with Gasteiger partial charge in [-0.3, -0.25) is 0 Å². The van der Waals surface area contributed by atoms with E-state index in [9.17, 15) is 0 Å². The molecule has 144 valence electrons. The Morgan fingerprint density at radius 1 is 0.500 bits per heavy atom. The maximum atomic E-state index is 3.77. The van der Waals surface area contributed by atoms with Crippen LogP contribution in [-0.2, 0) is 51.2 Å². The van der Waals surface area contributed by atoms with Crippen molar-refractivity contribution in [2.24, 2.45) is 0 Å². The van der Waals surface area contributed by atoms with Crippen LogP contribution in [0.1, 0.15) is 34.2 Å². The first-order valence-corrected chi connectivity index (χ1v) is 6.67. The third-order valence-electron chi connectivity index (χ3n) is 2.35. The van der Waals surface area contributed by atoms with Gasteiger partial charge in [0.05, 0.1) is 0 Å². The molecular formula is C15H21Cu3N6. The van der Waals surface area contributed by atoms with E-state index in [0.29, 0.717) is 0 Å². The van der Waals surface area contributed by atoms with Crippen molar-refractivity contribution in [3.63, 3.8) is 0 Å². The number of nitrogens with zero attached hydrogens (tertiary/aromatic N) is 6. The van der Waals surface area contributed by atoms with Crippen molar-refractivity contribution in [1.29, 1.82) is 0 Å². The van der Waals surface area contributed by atoms with Gasteiger partial charge in [-0.05, 0) is 20.8 Å². The molecule has 0 aliphatic carbocycles. The molecule has 0 saturated heterocycles. The van der Waals surface area contributed by atoms with Crippen LogP contribution in [0.2, 0.25) is 0 Å². The Bertz CT molecular complexity index is 519. The molecule has 0 spiro atoms. The van der Waals surface area contributed by atoms with Crippen LogP contribution in [0.15, 0.2) is 18.2 Å². The summed E-state index contributed by atoms with van der Waals surface area (Å²) in [6.45, 7) is 11.6. The largest absolute Gasteiger partial charge is 1.00 e. The van der Waals surface area contributed by atoms with Gasteiger partial charge in [0, 0.05) is 17.1 Å². The summed E-state index contributed by atoms with van der Waals surface area (Å²) in [5, 5.41) is 22.6. The summed E-state index contributed by atoms with van der Waals surface area (Å²) in [5.41, 5.74) is 5.99. The van der Waals surface area contributed by atoms with E-state index in [-0.39, 0.29) is 51.2 Å². The second-order valence-electron chi connectivity index (χ2n) is 4.88. The first-order valence-electron chi connectivity index (χ1n) is 6.67. The fraction of sp³-hybridized carbons (Fsp3) is 0.400. The molecular weight excluding hydrogens is 455 g/mol. The van der Waals surface area contributed by atoms with Crippen LogP contribution in [0.4, 0.5) is 0 Å². The zero-order chi connectivity index (χ0) is 15.8. The van der Waals surface area contributed by atoms with E-state index in [4.69, 9.17) is 0 Å². The van der Waals surface area contributed by atoms with Crippen molar-refractivity contribution in [3.8, 4) is 0 Å². The van der Waals surface area contributed by atoms with Gasteiger partial charge in [-0.15, -0.1) is 17.1 Å². The molecule has 0 atom stereocenters. The minimum atomic E-state index is 0. The van der Waals surface area contributed by atoms with E-state index < -0.39 is 0 Å². The van der Waals surface area contributed by atoms with Crippen LogP contribution in [0.25, 0.3) is 0 Å². The van der Waals surface area contributed by atoms with Gasteiger partial charge in [0.25, 0.3) is 0 Å². The Kier molecular flexibility index (Phi) is 17.0. The molecule has 3 aromatic rings. The third kappa shape index (κ3) is 12.6. The SMILES string of the molecule is Cc1cc(C)[n-]n1.Cc1cc(C)[n-]n1.Cc1cc(C)[n-]n1.[Cu+].[Cu+].[Cu+]. The average molecular weight is 476 g/mol. The molecule has 6 nitrogen and oxygen atoms in total. The van der Waals surface area contributed by atoms with Crippen molar-refractivity contribution in [2.75, 3.05) is 0 Å². The van der Waals surface area contributed by atoms with Gasteiger partial charge in [-0.1, -0.05) is 39.0 Å². The first-order chi connectivity index (χ1) is 9.86. The third-order valence-corrected chi connectivity index (χ3v) is 2.35. The molecule has 0 radical (unpaired) electrons. The molecule has 24 heavy (non-hydrogen) atoms. The van der Waals surface area contributed by atoms with E-state index in [0.717, 1.165) is 34.2 Å². The van der Waals surface area contributed by atoms with E-state index in [1.165, 1.54) is 0 Å². The van der Waals surface area contributed by atoms with Gasteiger partial charge in [0.1, 0.15) is 0 Å². The number of rotatable bonds is 0. The number of hydrogen-bond acceptors (Lipinski definition) is 3. The van der Waals surface area contributed by atoms with Crippen LogP contribution in [0, 0.1) is 41.5 Å². The van der Waals surface area contributed by atoms with Crippen LogP contribution in [-0.4, -0.2) is 15.3 Å². The summed E-state index contributed by atoms with van der Waals surface area (Å²) < 4.78 is 0. The maximum absolute atomic E-state index is 3.77. The summed E-state index contributed by atoms with van der Waals surface area (Å²) in [7, 11) is 0. The molecule has 0 amide bonds. The van der Waals surface area contributed by atoms with Gasteiger partial charge in [0.15, 0.2) is 0 Å². The zero-order valence-electron chi connectivity index (χ0n) is 14.3. The summed E-state index contributed by atoms with van der Waals surface area (Å²) in [4.78, 5) is 0. The van der Waals surface area contributed by atoms with E-state index >= 15 is 0 Å². The van der Waals surface area contributed by atoms with E-state index in [1.54, 1.807) is 0 Å². The molecule has 0 N–H and O–H groups in total. The summed E-state index contributed by atoms with van der Waals surface area (Å²) in [5.74, 6) is 0. The molecule has 0 saturated carbocycles. The molecule has 0 aliphatic heterocycles. The Balaban J connectivity index is -0.000000259. The van der Waals surface area contributed by atoms with Crippen molar-refractivity contribution < 1.29 is 51.2 Å². The second-order valence-corrected chi connectivity index (χ2v) is 4.88. The van der Waals surface area contributed by atoms with E-state index in [1.807, 2.05) is 59.7 Å². The molecule has 9 heteroatoms. The van der Waals surface area contributed by atoms with Crippen molar-refractivity contribution in [3.05, 3.63) is 52.4 Å². The Labute approximate surface area is 175 Å². The number of aromatic nitrogens is 6. The summed E-state index contributed by atoms with van der Waals surface area (Å²) >= 11 is 0. The maximum Gasteiger partial charge on any atom is 1.00 e. The van der Waals surface area contributed by atoms with Gasteiger partial charge >= 0.3 is 51.2 Å². The molecule has 0 fully saturated rings. The predicted molar refractivity (Wildman–Crippen MR) is 81.1 cm³/mol. The quantitative estimate of drug-likeness (QED) is 0.462. The second kappa shape index (κ2) is 14.5. The molecule has 0 aromatic carbocycles. The van der Waals surface area contributed by atoms with E-state index in [2.05, 4.69) is 30.6 Å². The van der Waals surface area contributed by atoms with Crippen LogP contribution in [0.3, 0.4) is 0 Å². The fourth-order valence-electron chi connectivity index (χ4n) is 1.55. The topological polar surface area (TPSA) is 81.0 Å². The van der Waals surface area contributed by atoms with Crippen LogP contribution in [0.5, 0.6) is 0 Å². The minimum Gasteiger partial charge on any atom is -0.579 e. The van der Waals surface area contributed by atoms with Crippen LogP contribution >= 0.6 is 0 Å². The molecule has 3 rings (SSSR count). The number of aryl methyl sites for hydroxylation is 6. The normalized spacial score (nSPS) is 8.25. The van der Waals surface area contributed by atoms with Gasteiger partial charge in [-0.25, -0.2) is 0 Å². The molecule has 3 aromatic heterocycles. The van der Waals surface area contributed by atoms with Gasteiger partial charge in [-0.2, -0.15) is 0 Å². The molecule has 0 unspecified atom stereocenters. The minimum absolute atomic E-state index is 0.